The highest BCUT2D eigenvalue weighted by Crippen LogP contribution is 2.23. The Kier molecular flexibility index (Phi) is 8.10. The normalized spacial score (nSPS) is 10.8. The maximum absolute atomic E-state index is 12.0. The van der Waals surface area contributed by atoms with Crippen LogP contribution >= 0.6 is 15.9 Å². The first-order chi connectivity index (χ1) is 14.2. The first kappa shape index (κ1) is 23.1. The molecule has 11 heteroatoms. The van der Waals surface area contributed by atoms with E-state index in [0.717, 1.165) is 5.69 Å². The molecule has 0 bridgehead atoms. The van der Waals surface area contributed by atoms with E-state index in [2.05, 4.69) is 47.2 Å². The number of hydrogen-bond acceptors (Lipinski definition) is 7. The minimum absolute atomic E-state index is 0.375. The standard InChI is InChI=1S/C19H24BrN7O3/c1-19(2,16(21)29)17(30)23-8-4-7-22-15-14(20)10-24-18(27-15)26-13-6-3-5-12(9-13)25-11-28/h3,5-6,9-11H,4,7-8H2,1-2H3,(H2,21,29)(H,23,30)(H,25,28)(H2,22,24,26,27). The van der Waals surface area contributed by atoms with E-state index in [1.807, 2.05) is 6.07 Å². The van der Waals surface area contributed by atoms with Gasteiger partial charge in [0.25, 0.3) is 0 Å². The zero-order valence-electron chi connectivity index (χ0n) is 16.7. The number of halogens is 1. The third-order valence-electron chi connectivity index (χ3n) is 4.20. The molecular formula is C19H24BrN7O3. The first-order valence-corrected chi connectivity index (χ1v) is 9.95. The molecule has 0 saturated carbocycles. The molecule has 3 amide bonds. The zero-order valence-corrected chi connectivity index (χ0v) is 18.2. The summed E-state index contributed by atoms with van der Waals surface area (Å²) in [4.78, 5) is 42.5. The van der Waals surface area contributed by atoms with E-state index in [0.29, 0.717) is 47.8 Å². The van der Waals surface area contributed by atoms with E-state index in [-0.39, 0.29) is 0 Å². The van der Waals surface area contributed by atoms with Gasteiger partial charge < -0.3 is 27.0 Å². The van der Waals surface area contributed by atoms with Gasteiger partial charge in [-0.25, -0.2) is 4.98 Å². The molecule has 10 nitrogen and oxygen atoms in total. The van der Waals surface area contributed by atoms with Gasteiger partial charge >= 0.3 is 0 Å². The number of hydrogen-bond donors (Lipinski definition) is 5. The van der Waals surface area contributed by atoms with Gasteiger partial charge in [0.05, 0.1) is 4.47 Å². The molecule has 30 heavy (non-hydrogen) atoms. The number of nitrogens with one attached hydrogen (secondary N) is 4. The molecule has 1 heterocycles. The SMILES string of the molecule is CC(C)(C(N)=O)C(=O)NCCCNc1nc(Nc2cccc(NC=O)c2)ncc1Br. The Morgan fingerprint density at radius 1 is 1.23 bits per heavy atom. The summed E-state index contributed by atoms with van der Waals surface area (Å²) in [7, 11) is 0. The van der Waals surface area contributed by atoms with Crippen LogP contribution < -0.4 is 27.0 Å². The van der Waals surface area contributed by atoms with Crippen LogP contribution in [0.4, 0.5) is 23.1 Å². The van der Waals surface area contributed by atoms with Gasteiger partial charge in [-0.3, -0.25) is 14.4 Å². The van der Waals surface area contributed by atoms with Gasteiger partial charge in [0.15, 0.2) is 0 Å². The predicted molar refractivity (Wildman–Crippen MR) is 118 cm³/mol. The fourth-order valence-electron chi connectivity index (χ4n) is 2.27. The molecular weight excluding hydrogens is 454 g/mol. The number of amides is 3. The van der Waals surface area contributed by atoms with Crippen molar-refractivity contribution >= 4 is 57.3 Å². The molecule has 0 spiro atoms. The van der Waals surface area contributed by atoms with Crippen LogP contribution in [0.2, 0.25) is 0 Å². The van der Waals surface area contributed by atoms with E-state index in [9.17, 15) is 14.4 Å². The van der Waals surface area contributed by atoms with Crippen molar-refractivity contribution < 1.29 is 14.4 Å². The Bertz CT molecular complexity index is 921. The van der Waals surface area contributed by atoms with Gasteiger partial charge in [-0.15, -0.1) is 0 Å². The predicted octanol–water partition coefficient (Wildman–Crippen LogP) is 1.98. The van der Waals surface area contributed by atoms with Crippen LogP contribution in [0, 0.1) is 5.41 Å². The summed E-state index contributed by atoms with van der Waals surface area (Å²) in [5.74, 6) is -0.120. The average Bonchev–Trinajstić information content (AvgIpc) is 2.70. The van der Waals surface area contributed by atoms with Crippen molar-refractivity contribution in [2.24, 2.45) is 11.1 Å². The van der Waals surface area contributed by atoms with Crippen molar-refractivity contribution in [1.82, 2.24) is 15.3 Å². The highest BCUT2D eigenvalue weighted by atomic mass is 79.9. The number of anilines is 4. The third-order valence-corrected chi connectivity index (χ3v) is 4.78. The number of benzene rings is 1. The molecule has 2 rings (SSSR count). The molecule has 1 aromatic carbocycles. The fourth-order valence-corrected chi connectivity index (χ4v) is 2.60. The first-order valence-electron chi connectivity index (χ1n) is 9.16. The second-order valence-corrected chi connectivity index (χ2v) is 7.74. The molecule has 0 aliphatic rings. The summed E-state index contributed by atoms with van der Waals surface area (Å²) in [5.41, 5.74) is 5.35. The number of primary amides is 1. The van der Waals surface area contributed by atoms with Crippen molar-refractivity contribution in [3.05, 3.63) is 34.9 Å². The molecule has 6 N–H and O–H groups in total. The topological polar surface area (TPSA) is 151 Å². The molecule has 0 saturated heterocycles. The summed E-state index contributed by atoms with van der Waals surface area (Å²) in [6, 6.07) is 7.13. The molecule has 1 aromatic heterocycles. The Balaban J connectivity index is 1.88. The van der Waals surface area contributed by atoms with Crippen molar-refractivity contribution in [2.45, 2.75) is 20.3 Å². The summed E-state index contributed by atoms with van der Waals surface area (Å²) in [5, 5.41) is 11.5. The molecule has 0 aliphatic heterocycles. The molecule has 0 unspecified atom stereocenters. The quantitative estimate of drug-likeness (QED) is 0.188. The Hall–Kier alpha value is -3.21. The lowest BCUT2D eigenvalue weighted by molar-refractivity contribution is -0.139. The number of aromatic nitrogens is 2. The van der Waals surface area contributed by atoms with E-state index < -0.39 is 17.2 Å². The van der Waals surface area contributed by atoms with E-state index >= 15 is 0 Å². The van der Waals surface area contributed by atoms with Crippen molar-refractivity contribution in [3.63, 3.8) is 0 Å². The summed E-state index contributed by atoms with van der Waals surface area (Å²) < 4.78 is 0.684. The maximum Gasteiger partial charge on any atom is 0.235 e. The van der Waals surface area contributed by atoms with Gasteiger partial charge in [0.2, 0.25) is 24.2 Å². The zero-order chi connectivity index (χ0) is 22.1. The van der Waals surface area contributed by atoms with Crippen LogP contribution in [0.1, 0.15) is 20.3 Å². The van der Waals surface area contributed by atoms with Gasteiger partial charge in [0, 0.05) is 30.7 Å². The van der Waals surface area contributed by atoms with Crippen LogP contribution in [0.25, 0.3) is 0 Å². The summed E-state index contributed by atoms with van der Waals surface area (Å²) in [6.07, 6.45) is 2.83. The number of rotatable bonds is 11. The van der Waals surface area contributed by atoms with E-state index in [1.54, 1.807) is 24.4 Å². The lowest BCUT2D eigenvalue weighted by atomic mass is 9.91. The summed E-state index contributed by atoms with van der Waals surface area (Å²) >= 11 is 3.40. The fraction of sp³-hybridized carbons (Fsp3) is 0.316. The molecule has 0 atom stereocenters. The van der Waals surface area contributed by atoms with Crippen molar-refractivity contribution in [3.8, 4) is 0 Å². The van der Waals surface area contributed by atoms with Crippen LogP contribution in [-0.4, -0.2) is 41.3 Å². The monoisotopic (exact) mass is 477 g/mol. The number of nitrogens with two attached hydrogens (primary N) is 1. The van der Waals surface area contributed by atoms with Crippen molar-refractivity contribution in [2.75, 3.05) is 29.0 Å². The lowest BCUT2D eigenvalue weighted by Crippen LogP contribution is -2.46. The Labute approximate surface area is 182 Å². The van der Waals surface area contributed by atoms with Crippen LogP contribution in [0.5, 0.6) is 0 Å². The van der Waals surface area contributed by atoms with Crippen LogP contribution in [0.15, 0.2) is 34.9 Å². The van der Waals surface area contributed by atoms with E-state index in [1.165, 1.54) is 13.8 Å². The highest BCUT2D eigenvalue weighted by Gasteiger charge is 2.33. The van der Waals surface area contributed by atoms with Gasteiger partial charge in [-0.1, -0.05) is 6.07 Å². The largest absolute Gasteiger partial charge is 0.369 e. The number of carbonyl (C=O) groups excluding carboxylic acids is 3. The second kappa shape index (κ2) is 10.5. The molecule has 2 aromatic rings. The van der Waals surface area contributed by atoms with E-state index in [4.69, 9.17) is 5.73 Å². The van der Waals surface area contributed by atoms with Crippen molar-refractivity contribution in [1.29, 1.82) is 0 Å². The third kappa shape index (κ3) is 6.41. The molecule has 0 radical (unpaired) electrons. The lowest BCUT2D eigenvalue weighted by Gasteiger charge is -2.19. The van der Waals surface area contributed by atoms with Gasteiger partial charge in [-0.2, -0.15) is 4.98 Å². The molecule has 0 aliphatic carbocycles. The maximum atomic E-state index is 12.0. The average molecular weight is 478 g/mol. The highest BCUT2D eigenvalue weighted by molar-refractivity contribution is 9.10. The second-order valence-electron chi connectivity index (χ2n) is 6.88. The smallest absolute Gasteiger partial charge is 0.235 e. The van der Waals surface area contributed by atoms with Crippen LogP contribution in [0.3, 0.4) is 0 Å². The molecule has 0 fully saturated rings. The minimum atomic E-state index is -1.25. The number of nitrogens with zero attached hydrogens (tertiary/aromatic N) is 2. The Morgan fingerprint density at radius 2 is 1.97 bits per heavy atom. The van der Waals surface area contributed by atoms with Gasteiger partial charge in [0.1, 0.15) is 11.2 Å². The molecule has 160 valence electrons. The summed E-state index contributed by atoms with van der Waals surface area (Å²) in [6.45, 7) is 3.89. The Morgan fingerprint density at radius 3 is 2.67 bits per heavy atom. The number of carbonyl (C=O) groups is 3. The van der Waals surface area contributed by atoms with Crippen LogP contribution in [-0.2, 0) is 14.4 Å². The minimum Gasteiger partial charge on any atom is -0.369 e. The van der Waals surface area contributed by atoms with Gasteiger partial charge in [-0.05, 0) is 54.4 Å².